The summed E-state index contributed by atoms with van der Waals surface area (Å²) in [6.07, 6.45) is 0.381. The van der Waals surface area contributed by atoms with Crippen molar-refractivity contribution in [2.24, 2.45) is 0 Å². The van der Waals surface area contributed by atoms with Gasteiger partial charge in [0.15, 0.2) is 0 Å². The van der Waals surface area contributed by atoms with Crippen molar-refractivity contribution in [3.8, 4) is 0 Å². The van der Waals surface area contributed by atoms with E-state index in [1.807, 2.05) is 13.8 Å². The third kappa shape index (κ3) is 3.01. The van der Waals surface area contributed by atoms with Crippen LogP contribution in [0.5, 0.6) is 0 Å². The summed E-state index contributed by atoms with van der Waals surface area (Å²) in [5.74, 6) is 0. The van der Waals surface area contributed by atoms with Gasteiger partial charge in [0, 0.05) is 22.7 Å². The molecule has 2 nitrogen and oxygen atoms in total. The van der Waals surface area contributed by atoms with E-state index >= 15 is 0 Å². The van der Waals surface area contributed by atoms with E-state index in [0.717, 1.165) is 0 Å². The highest BCUT2D eigenvalue weighted by atomic mass is 79.9. The second-order valence-electron chi connectivity index (χ2n) is 2.70. The number of hydrogen-bond acceptors (Lipinski definition) is 2. The highest BCUT2D eigenvalue weighted by Crippen LogP contribution is 2.29. The monoisotopic (exact) mass is 288 g/mol. The Morgan fingerprint density at radius 1 is 1.27 bits per heavy atom. The molecule has 0 aromatic heterocycles. The molecule has 0 aromatic rings. The first-order valence-corrected chi connectivity index (χ1v) is 5.39. The zero-order valence-corrected chi connectivity index (χ0v) is 9.89. The van der Waals surface area contributed by atoms with Gasteiger partial charge < -0.3 is 10.2 Å². The van der Waals surface area contributed by atoms with E-state index in [2.05, 4.69) is 31.9 Å². The molecule has 0 heterocycles. The molecule has 0 aliphatic rings. The fourth-order valence-corrected chi connectivity index (χ4v) is 2.50. The van der Waals surface area contributed by atoms with Crippen LogP contribution in [0.15, 0.2) is 0 Å². The summed E-state index contributed by atoms with van der Waals surface area (Å²) in [6, 6.07) is 0. The van der Waals surface area contributed by atoms with Gasteiger partial charge in [0.25, 0.3) is 0 Å². The summed E-state index contributed by atoms with van der Waals surface area (Å²) < 4.78 is 0. The molecule has 0 aliphatic carbocycles. The van der Waals surface area contributed by atoms with Crippen LogP contribution >= 0.6 is 31.9 Å². The maximum Gasteiger partial charge on any atom is 0.0912 e. The lowest BCUT2D eigenvalue weighted by Crippen LogP contribution is -2.45. The Bertz CT molecular complexity index is 107. The minimum atomic E-state index is -0.866. The van der Waals surface area contributed by atoms with Crippen LogP contribution in [0.3, 0.4) is 0 Å². The lowest BCUT2D eigenvalue weighted by atomic mass is 9.94. The summed E-state index contributed by atoms with van der Waals surface area (Å²) in [5, 5.41) is 18.6. The Kier molecular flexibility index (Phi) is 5.18. The van der Waals surface area contributed by atoms with Crippen LogP contribution in [-0.4, -0.2) is 32.1 Å². The van der Waals surface area contributed by atoms with Gasteiger partial charge in [0.1, 0.15) is 0 Å². The molecule has 2 N–H and O–H groups in total. The Hall–Kier alpha value is 0.880. The van der Waals surface area contributed by atoms with E-state index in [9.17, 15) is 5.11 Å². The first-order chi connectivity index (χ1) is 4.95. The van der Waals surface area contributed by atoms with Gasteiger partial charge in [-0.05, 0) is 13.8 Å². The van der Waals surface area contributed by atoms with Gasteiger partial charge in [-0.15, -0.1) is 0 Å². The summed E-state index contributed by atoms with van der Waals surface area (Å²) in [5.41, 5.74) is -0.866. The summed E-state index contributed by atoms with van der Waals surface area (Å²) in [4.78, 5) is -0.0620. The maximum atomic E-state index is 9.91. The average molecular weight is 290 g/mol. The second-order valence-corrected chi connectivity index (χ2v) is 5.44. The zero-order valence-electron chi connectivity index (χ0n) is 6.72. The van der Waals surface area contributed by atoms with Gasteiger partial charge in [0.05, 0.1) is 5.60 Å². The Morgan fingerprint density at radius 2 is 1.64 bits per heavy atom. The van der Waals surface area contributed by atoms with Gasteiger partial charge >= 0.3 is 0 Å². The molecule has 2 atom stereocenters. The molecule has 0 fully saturated rings. The molecule has 0 saturated carbocycles. The molecule has 2 unspecified atom stereocenters. The van der Waals surface area contributed by atoms with Gasteiger partial charge in [-0.2, -0.15) is 0 Å². The van der Waals surface area contributed by atoms with Gasteiger partial charge in [-0.25, -0.2) is 0 Å². The number of aliphatic hydroxyl groups excluding tert-OH is 1. The number of halogens is 2. The molecule has 68 valence electrons. The van der Waals surface area contributed by atoms with Crippen molar-refractivity contribution in [1.82, 2.24) is 0 Å². The van der Waals surface area contributed by atoms with Crippen LogP contribution in [0.1, 0.15) is 20.3 Å². The molecule has 11 heavy (non-hydrogen) atoms. The van der Waals surface area contributed by atoms with Crippen LogP contribution in [0.2, 0.25) is 0 Å². The molecular formula is C7H14Br2O2. The molecule has 0 rings (SSSR count). The number of hydrogen-bond donors (Lipinski definition) is 2. The van der Waals surface area contributed by atoms with Crippen molar-refractivity contribution in [2.45, 2.75) is 35.5 Å². The first-order valence-electron chi connectivity index (χ1n) is 3.56. The van der Waals surface area contributed by atoms with Crippen LogP contribution in [0.4, 0.5) is 0 Å². The van der Waals surface area contributed by atoms with Crippen molar-refractivity contribution in [3.63, 3.8) is 0 Å². The molecule has 0 radical (unpaired) electrons. The van der Waals surface area contributed by atoms with E-state index in [1.54, 1.807) is 0 Å². The lowest BCUT2D eigenvalue weighted by Gasteiger charge is -2.33. The van der Waals surface area contributed by atoms with Gasteiger partial charge in [-0.1, -0.05) is 31.9 Å². The summed E-state index contributed by atoms with van der Waals surface area (Å²) in [6.45, 7) is 3.74. The molecule has 0 amide bonds. The topological polar surface area (TPSA) is 40.5 Å². The molecule has 4 heteroatoms. The minimum Gasteiger partial charge on any atom is -0.396 e. The van der Waals surface area contributed by atoms with E-state index in [1.165, 1.54) is 0 Å². The van der Waals surface area contributed by atoms with E-state index in [4.69, 9.17) is 5.11 Å². The van der Waals surface area contributed by atoms with E-state index < -0.39 is 5.60 Å². The quantitative estimate of drug-likeness (QED) is 0.773. The predicted octanol–water partition coefficient (Wildman–Crippen LogP) is 1.67. The summed E-state index contributed by atoms with van der Waals surface area (Å²) in [7, 11) is 0. The fraction of sp³-hybridized carbons (Fsp3) is 1.00. The van der Waals surface area contributed by atoms with E-state index in [0.29, 0.717) is 6.42 Å². The van der Waals surface area contributed by atoms with Crippen LogP contribution < -0.4 is 0 Å². The Balaban J connectivity index is 4.26. The highest BCUT2D eigenvalue weighted by molar-refractivity contribution is 9.10. The zero-order chi connectivity index (χ0) is 9.07. The number of alkyl halides is 2. The van der Waals surface area contributed by atoms with Crippen LogP contribution in [0.25, 0.3) is 0 Å². The van der Waals surface area contributed by atoms with Crippen LogP contribution in [-0.2, 0) is 0 Å². The summed E-state index contributed by atoms with van der Waals surface area (Å²) >= 11 is 6.61. The largest absolute Gasteiger partial charge is 0.396 e. The second kappa shape index (κ2) is 4.80. The fourth-order valence-electron chi connectivity index (χ4n) is 0.893. The van der Waals surface area contributed by atoms with E-state index in [-0.39, 0.29) is 16.3 Å². The van der Waals surface area contributed by atoms with Crippen molar-refractivity contribution in [3.05, 3.63) is 0 Å². The van der Waals surface area contributed by atoms with Crippen molar-refractivity contribution in [1.29, 1.82) is 0 Å². The Morgan fingerprint density at radius 3 is 1.73 bits per heavy atom. The van der Waals surface area contributed by atoms with Crippen molar-refractivity contribution >= 4 is 31.9 Å². The molecule has 0 saturated heterocycles. The highest BCUT2D eigenvalue weighted by Gasteiger charge is 2.36. The molecule has 0 aliphatic heterocycles. The van der Waals surface area contributed by atoms with Gasteiger partial charge in [-0.3, -0.25) is 0 Å². The standard InChI is InChI=1S/C7H14Br2O2/c1-5(8)7(11,3-4-10)6(2)9/h5-6,10-11H,3-4H2,1-2H3. The molecule has 0 aromatic carbocycles. The average Bonchev–Trinajstić information content (AvgIpc) is 1.87. The Labute approximate surface area is 84.3 Å². The number of aliphatic hydroxyl groups is 2. The molecular weight excluding hydrogens is 276 g/mol. The minimum absolute atomic E-state index is 0.00236. The molecule has 0 bridgehead atoms. The maximum absolute atomic E-state index is 9.91. The smallest absolute Gasteiger partial charge is 0.0912 e. The third-order valence-corrected chi connectivity index (χ3v) is 3.48. The third-order valence-electron chi connectivity index (χ3n) is 1.89. The van der Waals surface area contributed by atoms with Crippen molar-refractivity contribution < 1.29 is 10.2 Å². The lowest BCUT2D eigenvalue weighted by molar-refractivity contribution is 0.0224. The normalized spacial score (nSPS) is 22.4. The SMILES string of the molecule is CC(Br)C(O)(CCO)C(C)Br. The van der Waals surface area contributed by atoms with Gasteiger partial charge in [0.2, 0.25) is 0 Å². The van der Waals surface area contributed by atoms with Crippen LogP contribution in [0, 0.1) is 0 Å². The molecule has 0 spiro atoms. The first kappa shape index (κ1) is 11.9. The number of rotatable bonds is 4. The predicted molar refractivity (Wildman–Crippen MR) is 53.4 cm³/mol. The van der Waals surface area contributed by atoms with Crippen molar-refractivity contribution in [2.75, 3.05) is 6.61 Å².